The minimum atomic E-state index is -0.769. The second-order valence-corrected chi connectivity index (χ2v) is 5.62. The lowest BCUT2D eigenvalue weighted by Gasteiger charge is -2.20. The number of halogens is 2. The molecular weight excluding hydrogens is 316 g/mol. The van der Waals surface area contributed by atoms with Crippen molar-refractivity contribution in [1.82, 2.24) is 15.1 Å². The van der Waals surface area contributed by atoms with Gasteiger partial charge in [-0.1, -0.05) is 26.7 Å². The van der Waals surface area contributed by atoms with Gasteiger partial charge in [0, 0.05) is 18.8 Å². The number of aliphatic hydroxyl groups is 1. The number of amides is 1. The van der Waals surface area contributed by atoms with Gasteiger partial charge >= 0.3 is 0 Å². The Labute approximate surface area is 139 Å². The van der Waals surface area contributed by atoms with Crippen molar-refractivity contribution >= 4 is 5.91 Å². The number of nitrogens with one attached hydrogen (secondary N) is 1. The maximum Gasteiger partial charge on any atom is 0.254 e. The fraction of sp³-hybridized carbons (Fsp3) is 0.412. The molecule has 0 aliphatic carbocycles. The van der Waals surface area contributed by atoms with Crippen LogP contribution in [0.1, 0.15) is 37.0 Å². The van der Waals surface area contributed by atoms with Gasteiger partial charge in [-0.2, -0.15) is 5.10 Å². The third kappa shape index (κ3) is 4.17. The van der Waals surface area contributed by atoms with E-state index in [0.717, 1.165) is 25.0 Å². The van der Waals surface area contributed by atoms with E-state index in [1.54, 1.807) is 0 Å². The Morgan fingerprint density at radius 3 is 2.67 bits per heavy atom. The number of nitrogens with zero attached hydrogens (tertiary/aromatic N) is 2. The Morgan fingerprint density at radius 1 is 1.33 bits per heavy atom. The van der Waals surface area contributed by atoms with Gasteiger partial charge in [0.15, 0.2) is 5.82 Å². The van der Waals surface area contributed by atoms with Crippen LogP contribution >= 0.6 is 0 Å². The van der Waals surface area contributed by atoms with E-state index in [2.05, 4.69) is 10.4 Å². The highest BCUT2D eigenvalue weighted by Crippen LogP contribution is 2.15. The molecule has 2 rings (SSSR count). The van der Waals surface area contributed by atoms with Crippen LogP contribution in [-0.4, -0.2) is 33.4 Å². The Kier molecular flexibility index (Phi) is 6.03. The largest absolute Gasteiger partial charge is 0.391 e. The van der Waals surface area contributed by atoms with Crippen molar-refractivity contribution < 1.29 is 18.7 Å². The van der Waals surface area contributed by atoms with Crippen LogP contribution in [0.25, 0.3) is 5.69 Å². The monoisotopic (exact) mass is 337 g/mol. The summed E-state index contributed by atoms with van der Waals surface area (Å²) in [5, 5.41) is 16.6. The van der Waals surface area contributed by atoms with Crippen LogP contribution in [0.2, 0.25) is 0 Å². The Bertz CT molecular complexity index is 699. The molecule has 5 nitrogen and oxygen atoms in total. The lowest BCUT2D eigenvalue weighted by Crippen LogP contribution is -2.35. The van der Waals surface area contributed by atoms with E-state index in [4.69, 9.17) is 0 Å². The minimum absolute atomic E-state index is 0.0486. The van der Waals surface area contributed by atoms with E-state index < -0.39 is 23.6 Å². The van der Waals surface area contributed by atoms with Gasteiger partial charge in [0.2, 0.25) is 0 Å². The Balaban J connectivity index is 2.03. The van der Waals surface area contributed by atoms with Crippen molar-refractivity contribution in [3.8, 4) is 5.69 Å². The molecule has 7 heteroatoms. The van der Waals surface area contributed by atoms with Gasteiger partial charge in [-0.05, 0) is 18.1 Å². The molecule has 24 heavy (non-hydrogen) atoms. The highest BCUT2D eigenvalue weighted by molar-refractivity contribution is 5.93. The molecule has 2 aromatic rings. The highest BCUT2D eigenvalue weighted by atomic mass is 19.1. The molecule has 0 aliphatic heterocycles. The number of aliphatic hydroxyl groups excluding tert-OH is 1. The van der Waals surface area contributed by atoms with E-state index in [0.29, 0.717) is 0 Å². The third-order valence-corrected chi connectivity index (χ3v) is 4.07. The first kappa shape index (κ1) is 18.1. The zero-order valence-corrected chi connectivity index (χ0v) is 13.7. The first-order valence-corrected chi connectivity index (χ1v) is 7.92. The lowest BCUT2D eigenvalue weighted by molar-refractivity contribution is 0.0816. The van der Waals surface area contributed by atoms with Crippen molar-refractivity contribution in [2.45, 2.75) is 32.8 Å². The fourth-order valence-electron chi connectivity index (χ4n) is 2.54. The van der Waals surface area contributed by atoms with Gasteiger partial charge in [0.1, 0.15) is 11.5 Å². The van der Waals surface area contributed by atoms with Crippen LogP contribution < -0.4 is 5.32 Å². The zero-order valence-electron chi connectivity index (χ0n) is 13.7. The molecule has 0 saturated carbocycles. The van der Waals surface area contributed by atoms with Crippen molar-refractivity contribution in [3.63, 3.8) is 0 Å². The van der Waals surface area contributed by atoms with E-state index in [1.165, 1.54) is 23.1 Å². The number of hydrogen-bond donors (Lipinski definition) is 2. The number of rotatable bonds is 7. The summed E-state index contributed by atoms with van der Waals surface area (Å²) in [6, 6.07) is 3.12. The van der Waals surface area contributed by atoms with E-state index in [-0.39, 0.29) is 23.7 Å². The molecule has 1 atom stereocenters. The standard InChI is InChI=1S/C17H21F2N3O2/c1-3-11(4-2)16(23)9-20-17(24)12-8-21-22(10-12)15-6-5-13(18)7-14(15)19/h5-8,10-11,16,23H,3-4,9H2,1-2H3,(H,20,24). The molecule has 130 valence electrons. The van der Waals surface area contributed by atoms with Gasteiger partial charge in [-0.15, -0.1) is 0 Å². The van der Waals surface area contributed by atoms with Gasteiger partial charge < -0.3 is 10.4 Å². The number of hydrogen-bond acceptors (Lipinski definition) is 3. The second-order valence-electron chi connectivity index (χ2n) is 5.62. The molecule has 0 fully saturated rings. The molecule has 0 radical (unpaired) electrons. The maximum atomic E-state index is 13.7. The molecular formula is C17H21F2N3O2. The summed E-state index contributed by atoms with van der Waals surface area (Å²) >= 11 is 0. The Morgan fingerprint density at radius 2 is 2.04 bits per heavy atom. The molecule has 2 N–H and O–H groups in total. The highest BCUT2D eigenvalue weighted by Gasteiger charge is 2.18. The summed E-state index contributed by atoms with van der Waals surface area (Å²) in [6.45, 7) is 4.11. The predicted molar refractivity (Wildman–Crippen MR) is 85.9 cm³/mol. The average molecular weight is 337 g/mol. The molecule has 0 aliphatic rings. The molecule has 0 saturated heterocycles. The van der Waals surface area contributed by atoms with Crippen LogP contribution in [0, 0.1) is 17.6 Å². The third-order valence-electron chi connectivity index (χ3n) is 4.07. The van der Waals surface area contributed by atoms with Crippen molar-refractivity contribution in [3.05, 3.63) is 47.8 Å². The second kappa shape index (κ2) is 8.01. The molecule has 0 bridgehead atoms. The average Bonchev–Trinajstić information content (AvgIpc) is 3.03. The number of benzene rings is 1. The van der Waals surface area contributed by atoms with E-state index in [1.807, 2.05) is 13.8 Å². The summed E-state index contributed by atoms with van der Waals surface area (Å²) in [7, 11) is 0. The molecule has 1 heterocycles. The molecule has 1 aromatic heterocycles. The first-order chi connectivity index (χ1) is 11.5. The van der Waals surface area contributed by atoms with Crippen molar-refractivity contribution in [1.29, 1.82) is 0 Å². The Hall–Kier alpha value is -2.28. The van der Waals surface area contributed by atoms with Crippen LogP contribution in [0.3, 0.4) is 0 Å². The fourth-order valence-corrected chi connectivity index (χ4v) is 2.54. The summed E-state index contributed by atoms with van der Waals surface area (Å²) in [5.74, 6) is -1.74. The SMILES string of the molecule is CCC(CC)C(O)CNC(=O)c1cnn(-c2ccc(F)cc2F)c1. The topological polar surface area (TPSA) is 67.2 Å². The van der Waals surface area contributed by atoms with Crippen LogP contribution in [-0.2, 0) is 0 Å². The predicted octanol–water partition coefficient (Wildman–Crippen LogP) is 2.68. The van der Waals surface area contributed by atoms with Gasteiger partial charge in [-0.3, -0.25) is 4.79 Å². The normalized spacial score (nSPS) is 12.4. The van der Waals surface area contributed by atoms with Crippen LogP contribution in [0.4, 0.5) is 8.78 Å². The molecule has 1 unspecified atom stereocenters. The molecule has 1 amide bonds. The van der Waals surface area contributed by atoms with Gasteiger partial charge in [-0.25, -0.2) is 13.5 Å². The number of carbonyl (C=O) groups excluding carboxylic acids is 1. The van der Waals surface area contributed by atoms with Crippen molar-refractivity contribution in [2.75, 3.05) is 6.54 Å². The van der Waals surface area contributed by atoms with Crippen LogP contribution in [0.15, 0.2) is 30.6 Å². The van der Waals surface area contributed by atoms with Gasteiger partial charge in [0.25, 0.3) is 5.91 Å². The number of carbonyl (C=O) groups is 1. The molecule has 1 aromatic carbocycles. The van der Waals surface area contributed by atoms with Crippen LogP contribution in [0.5, 0.6) is 0 Å². The smallest absolute Gasteiger partial charge is 0.254 e. The van der Waals surface area contributed by atoms with E-state index in [9.17, 15) is 18.7 Å². The summed E-state index contributed by atoms with van der Waals surface area (Å²) < 4.78 is 27.8. The maximum absolute atomic E-state index is 13.7. The summed E-state index contributed by atoms with van der Waals surface area (Å²) in [5.41, 5.74) is 0.281. The minimum Gasteiger partial charge on any atom is -0.391 e. The van der Waals surface area contributed by atoms with Gasteiger partial charge in [0.05, 0.1) is 17.9 Å². The summed E-state index contributed by atoms with van der Waals surface area (Å²) in [6.07, 6.45) is 3.69. The quantitative estimate of drug-likeness (QED) is 0.816. The lowest BCUT2D eigenvalue weighted by atomic mass is 9.96. The van der Waals surface area contributed by atoms with E-state index >= 15 is 0 Å². The zero-order chi connectivity index (χ0) is 17.7. The summed E-state index contributed by atoms with van der Waals surface area (Å²) in [4.78, 5) is 12.1. The molecule has 0 spiro atoms. The number of aromatic nitrogens is 2. The van der Waals surface area contributed by atoms with Crippen molar-refractivity contribution in [2.24, 2.45) is 5.92 Å². The first-order valence-electron chi connectivity index (χ1n) is 7.92.